The van der Waals surface area contributed by atoms with Gasteiger partial charge >= 0.3 is 0 Å². The Hall–Kier alpha value is -1.27. The van der Waals surface area contributed by atoms with Crippen molar-refractivity contribution in [1.82, 2.24) is 0 Å². The molecular weight excluding hydrogens is 360 g/mol. The lowest BCUT2D eigenvalue weighted by molar-refractivity contribution is 0.113. The van der Waals surface area contributed by atoms with Crippen LogP contribution < -0.4 is 0 Å². The average molecular weight is 395 g/mol. The molecule has 0 spiro atoms. The highest BCUT2D eigenvalue weighted by Gasteiger charge is 2.35. The summed E-state index contributed by atoms with van der Waals surface area (Å²) in [6, 6.07) is 17.5. The zero-order valence-electron chi connectivity index (χ0n) is 17.4. The van der Waals surface area contributed by atoms with Gasteiger partial charge in [0.1, 0.15) is 0 Å². The Morgan fingerprint density at radius 1 is 0.750 bits per heavy atom. The van der Waals surface area contributed by atoms with Gasteiger partial charge < -0.3 is 0 Å². The van der Waals surface area contributed by atoms with Crippen LogP contribution in [0, 0.1) is 17.8 Å². The molecule has 0 aromatic heterocycles. The van der Waals surface area contributed by atoms with E-state index in [4.69, 9.17) is 11.6 Å². The Morgan fingerprint density at radius 2 is 1.39 bits per heavy atom. The molecule has 0 heterocycles. The third-order valence-corrected chi connectivity index (χ3v) is 7.75. The predicted octanol–water partition coefficient (Wildman–Crippen LogP) is 8.89. The standard InChI is InChI=1S/C27H35Cl/c1-2-3-4-5-20-6-7-26-19-25(13-12-24(26)18-20)23-10-8-21(9-11-23)22-14-16-27(28)17-15-22/h8-11,14-17,20,24-26H,2-7,12-13,18-19H2,1H3/t20?,24-,25-,26-/m1/s1. The number of fused-ring (bicyclic) bond motifs is 1. The molecule has 0 nitrogen and oxygen atoms in total. The highest BCUT2D eigenvalue weighted by atomic mass is 35.5. The van der Waals surface area contributed by atoms with Gasteiger partial charge in [0, 0.05) is 5.02 Å². The maximum Gasteiger partial charge on any atom is 0.0406 e. The van der Waals surface area contributed by atoms with Gasteiger partial charge in [0.2, 0.25) is 0 Å². The van der Waals surface area contributed by atoms with Gasteiger partial charge in [0.05, 0.1) is 0 Å². The molecular formula is C27H35Cl. The minimum atomic E-state index is 0.775. The van der Waals surface area contributed by atoms with Crippen LogP contribution in [0.3, 0.4) is 0 Å². The highest BCUT2D eigenvalue weighted by molar-refractivity contribution is 6.30. The smallest absolute Gasteiger partial charge is 0.0406 e. The van der Waals surface area contributed by atoms with E-state index in [1.54, 1.807) is 5.56 Å². The largest absolute Gasteiger partial charge is 0.0843 e. The molecule has 0 bridgehead atoms. The second-order valence-corrected chi connectivity index (χ2v) is 9.77. The van der Waals surface area contributed by atoms with Crippen LogP contribution in [0.4, 0.5) is 0 Å². The molecule has 0 saturated heterocycles. The summed E-state index contributed by atoms with van der Waals surface area (Å²) in [5.41, 5.74) is 4.10. The summed E-state index contributed by atoms with van der Waals surface area (Å²) in [4.78, 5) is 0. The third-order valence-electron chi connectivity index (χ3n) is 7.50. The van der Waals surface area contributed by atoms with Crippen molar-refractivity contribution in [2.45, 2.75) is 77.0 Å². The summed E-state index contributed by atoms with van der Waals surface area (Å²) in [6.07, 6.45) is 14.5. The van der Waals surface area contributed by atoms with E-state index >= 15 is 0 Å². The van der Waals surface area contributed by atoms with Gasteiger partial charge in [-0.1, -0.05) is 87.0 Å². The van der Waals surface area contributed by atoms with E-state index in [9.17, 15) is 0 Å². The Balaban J connectivity index is 1.34. The van der Waals surface area contributed by atoms with Crippen LogP contribution in [-0.4, -0.2) is 0 Å². The number of hydrogen-bond donors (Lipinski definition) is 0. The van der Waals surface area contributed by atoms with Gasteiger partial charge in [-0.05, 0) is 84.6 Å². The molecule has 2 aliphatic carbocycles. The molecule has 0 N–H and O–H groups in total. The van der Waals surface area contributed by atoms with Gasteiger partial charge in [-0.25, -0.2) is 0 Å². The summed E-state index contributed by atoms with van der Waals surface area (Å²) in [5, 5.41) is 0.803. The molecule has 0 aliphatic heterocycles. The van der Waals surface area contributed by atoms with Crippen molar-refractivity contribution in [3.63, 3.8) is 0 Å². The van der Waals surface area contributed by atoms with Crippen LogP contribution >= 0.6 is 11.6 Å². The van der Waals surface area contributed by atoms with Crippen LogP contribution in [0.15, 0.2) is 48.5 Å². The van der Waals surface area contributed by atoms with E-state index in [0.29, 0.717) is 0 Å². The normalized spacial score (nSPS) is 27.4. The Bertz CT molecular complexity index is 730. The summed E-state index contributed by atoms with van der Waals surface area (Å²) in [5.74, 6) is 3.81. The number of rotatable bonds is 6. The maximum absolute atomic E-state index is 6.02. The molecule has 2 aliphatic rings. The van der Waals surface area contributed by atoms with Crippen molar-refractivity contribution in [1.29, 1.82) is 0 Å². The van der Waals surface area contributed by atoms with Crippen molar-refractivity contribution in [3.05, 3.63) is 59.1 Å². The van der Waals surface area contributed by atoms with Crippen molar-refractivity contribution >= 4 is 11.6 Å². The van der Waals surface area contributed by atoms with Crippen molar-refractivity contribution in [2.75, 3.05) is 0 Å². The lowest BCUT2D eigenvalue weighted by Crippen LogP contribution is -2.30. The zero-order chi connectivity index (χ0) is 19.3. The molecule has 4 atom stereocenters. The summed E-state index contributed by atoms with van der Waals surface area (Å²) < 4.78 is 0. The van der Waals surface area contributed by atoms with Crippen LogP contribution in [0.1, 0.15) is 82.6 Å². The van der Waals surface area contributed by atoms with E-state index in [2.05, 4.69) is 43.3 Å². The van der Waals surface area contributed by atoms with Crippen LogP contribution in [-0.2, 0) is 0 Å². The average Bonchev–Trinajstić information content (AvgIpc) is 2.74. The fourth-order valence-corrected chi connectivity index (χ4v) is 5.95. The first-order valence-electron chi connectivity index (χ1n) is 11.6. The topological polar surface area (TPSA) is 0 Å². The Morgan fingerprint density at radius 3 is 2.11 bits per heavy atom. The van der Waals surface area contributed by atoms with E-state index in [1.807, 2.05) is 12.1 Å². The minimum absolute atomic E-state index is 0.775. The molecule has 4 rings (SSSR count). The zero-order valence-corrected chi connectivity index (χ0v) is 18.1. The molecule has 2 aromatic rings. The molecule has 0 radical (unpaired) electrons. The van der Waals surface area contributed by atoms with Crippen molar-refractivity contribution in [2.24, 2.45) is 17.8 Å². The predicted molar refractivity (Wildman–Crippen MR) is 122 cm³/mol. The quantitative estimate of drug-likeness (QED) is 0.429. The Kier molecular flexibility index (Phi) is 6.78. The fourth-order valence-electron chi connectivity index (χ4n) is 5.82. The van der Waals surface area contributed by atoms with E-state index in [1.165, 1.54) is 75.3 Å². The first-order valence-corrected chi connectivity index (χ1v) is 12.0. The number of unbranched alkanes of at least 4 members (excludes halogenated alkanes) is 2. The molecule has 2 fully saturated rings. The molecule has 2 aromatic carbocycles. The maximum atomic E-state index is 6.02. The van der Waals surface area contributed by atoms with Gasteiger partial charge in [0.15, 0.2) is 0 Å². The van der Waals surface area contributed by atoms with Crippen LogP contribution in [0.5, 0.6) is 0 Å². The van der Waals surface area contributed by atoms with Crippen molar-refractivity contribution < 1.29 is 0 Å². The number of benzene rings is 2. The summed E-state index contributed by atoms with van der Waals surface area (Å²) in [6.45, 7) is 2.32. The molecule has 28 heavy (non-hydrogen) atoms. The highest BCUT2D eigenvalue weighted by Crippen LogP contribution is 2.48. The minimum Gasteiger partial charge on any atom is -0.0843 e. The van der Waals surface area contributed by atoms with Gasteiger partial charge in [-0.3, -0.25) is 0 Å². The Labute approximate surface area is 176 Å². The molecule has 1 unspecified atom stereocenters. The first kappa shape index (κ1) is 20.0. The van der Waals surface area contributed by atoms with Crippen LogP contribution in [0.25, 0.3) is 11.1 Å². The lowest BCUT2D eigenvalue weighted by atomic mass is 9.63. The SMILES string of the molecule is CCCCCC1CC[C@@H]2C[C@H](c3ccc(-c4ccc(Cl)cc4)cc3)CC[C@@H]2C1. The third kappa shape index (κ3) is 4.82. The monoisotopic (exact) mass is 394 g/mol. The fraction of sp³-hybridized carbons (Fsp3) is 0.556. The summed E-state index contributed by atoms with van der Waals surface area (Å²) >= 11 is 6.02. The number of halogens is 1. The van der Waals surface area contributed by atoms with Gasteiger partial charge in [0.25, 0.3) is 0 Å². The second kappa shape index (κ2) is 9.49. The van der Waals surface area contributed by atoms with E-state index in [-0.39, 0.29) is 0 Å². The summed E-state index contributed by atoms with van der Waals surface area (Å²) in [7, 11) is 0. The van der Waals surface area contributed by atoms with Gasteiger partial charge in [-0.15, -0.1) is 0 Å². The number of hydrogen-bond acceptors (Lipinski definition) is 0. The second-order valence-electron chi connectivity index (χ2n) is 9.33. The van der Waals surface area contributed by atoms with E-state index < -0.39 is 0 Å². The molecule has 2 saturated carbocycles. The van der Waals surface area contributed by atoms with E-state index in [0.717, 1.165) is 28.7 Å². The molecule has 1 heteroatoms. The molecule has 0 amide bonds. The first-order chi connectivity index (χ1) is 13.7. The molecule has 150 valence electrons. The van der Waals surface area contributed by atoms with Crippen molar-refractivity contribution in [3.8, 4) is 11.1 Å². The lowest BCUT2D eigenvalue weighted by Gasteiger charge is -2.42. The van der Waals surface area contributed by atoms with Gasteiger partial charge in [-0.2, -0.15) is 0 Å². The van der Waals surface area contributed by atoms with Crippen LogP contribution in [0.2, 0.25) is 5.02 Å².